The van der Waals surface area contributed by atoms with Gasteiger partial charge in [-0.2, -0.15) is 0 Å². The van der Waals surface area contributed by atoms with Crippen LogP contribution in [-0.2, 0) is 29.5 Å². The molecule has 1 aromatic heterocycles. The minimum absolute atomic E-state index is 0.0434. The number of hydrogen-bond acceptors (Lipinski definition) is 7. The maximum atomic E-state index is 12.3. The van der Waals surface area contributed by atoms with E-state index in [2.05, 4.69) is 18.8 Å². The van der Waals surface area contributed by atoms with Crippen molar-refractivity contribution in [2.24, 2.45) is 0 Å². The van der Waals surface area contributed by atoms with Crippen LogP contribution in [0.2, 0.25) is 0 Å². The van der Waals surface area contributed by atoms with Gasteiger partial charge in [-0.05, 0) is 12.8 Å². The minimum atomic E-state index is -4.43. The Kier molecular flexibility index (Phi) is 19.5. The van der Waals surface area contributed by atoms with E-state index in [0.717, 1.165) is 30.7 Å². The van der Waals surface area contributed by atoms with E-state index in [4.69, 9.17) is 18.5 Å². The SMILES string of the molecule is CCCCCCCCOCC(COCCCCCCCC)OP(=O)([O-])OCCc1[nH+]ccs1. The molecular weight excluding hydrogens is 461 g/mol. The van der Waals surface area contributed by atoms with Gasteiger partial charge in [0, 0.05) is 13.2 Å². The van der Waals surface area contributed by atoms with Crippen LogP contribution in [0.25, 0.3) is 0 Å². The fourth-order valence-corrected chi connectivity index (χ4v) is 4.88. The van der Waals surface area contributed by atoms with E-state index in [1.807, 2.05) is 11.6 Å². The second kappa shape index (κ2) is 21.0. The third-order valence-electron chi connectivity index (χ3n) is 5.27. The summed E-state index contributed by atoms with van der Waals surface area (Å²) in [6.07, 6.45) is 15.8. The number of thiazole rings is 1. The van der Waals surface area contributed by atoms with Crippen LogP contribution < -0.4 is 9.88 Å². The molecule has 1 N–H and O–H groups in total. The molecular formula is C24H46NO6PS. The number of rotatable bonds is 24. The molecule has 0 radical (unpaired) electrons. The molecule has 0 spiro atoms. The molecule has 0 aliphatic rings. The molecule has 1 atom stereocenters. The third-order valence-corrected chi connectivity index (χ3v) is 7.21. The number of aromatic amines is 1. The van der Waals surface area contributed by atoms with Gasteiger partial charge < -0.3 is 23.4 Å². The molecule has 0 saturated carbocycles. The maximum absolute atomic E-state index is 12.3. The Morgan fingerprint density at radius 1 is 0.879 bits per heavy atom. The van der Waals surface area contributed by atoms with Crippen LogP contribution in [0.1, 0.15) is 95.9 Å². The smallest absolute Gasteiger partial charge is 0.268 e. The van der Waals surface area contributed by atoms with Gasteiger partial charge in [0.25, 0.3) is 7.82 Å². The number of phosphoric ester groups is 1. The van der Waals surface area contributed by atoms with E-state index >= 15 is 0 Å². The second-order valence-corrected chi connectivity index (χ2v) is 10.8. The molecule has 0 aromatic carbocycles. The first-order valence-electron chi connectivity index (χ1n) is 12.8. The molecule has 9 heteroatoms. The van der Waals surface area contributed by atoms with E-state index in [9.17, 15) is 9.46 Å². The lowest BCUT2D eigenvalue weighted by atomic mass is 10.1. The molecule has 0 aliphatic carbocycles. The molecule has 7 nitrogen and oxygen atoms in total. The van der Waals surface area contributed by atoms with Gasteiger partial charge in [0.2, 0.25) is 5.01 Å². The Morgan fingerprint density at radius 2 is 1.42 bits per heavy atom. The lowest BCUT2D eigenvalue weighted by molar-refractivity contribution is -0.382. The molecule has 33 heavy (non-hydrogen) atoms. The third kappa shape index (κ3) is 18.6. The predicted octanol–water partition coefficient (Wildman–Crippen LogP) is 5.73. The van der Waals surface area contributed by atoms with Gasteiger partial charge in [0.05, 0.1) is 31.6 Å². The van der Waals surface area contributed by atoms with E-state index in [0.29, 0.717) is 19.6 Å². The highest BCUT2D eigenvalue weighted by Gasteiger charge is 2.20. The highest BCUT2D eigenvalue weighted by Crippen LogP contribution is 2.40. The normalized spacial score (nSPS) is 13.6. The van der Waals surface area contributed by atoms with Crippen molar-refractivity contribution in [3.63, 3.8) is 0 Å². The molecule has 1 heterocycles. The summed E-state index contributed by atoms with van der Waals surface area (Å²) >= 11 is 1.52. The Bertz CT molecular complexity index is 570. The molecule has 1 unspecified atom stereocenters. The molecule has 0 amide bonds. The van der Waals surface area contributed by atoms with Crippen molar-refractivity contribution < 1.29 is 33.0 Å². The number of H-pyrrole nitrogens is 1. The standard InChI is InChI=1S/C24H46NO6PS/c1-3-5-7-9-11-13-17-28-21-23(22-29-18-14-12-10-8-6-4-2)31-32(26,27)30-19-15-24-25-16-20-33-24/h16,20,23H,3-15,17-19,21-22H2,1-2H3,(H,26,27). The van der Waals surface area contributed by atoms with Crippen molar-refractivity contribution in [3.05, 3.63) is 16.6 Å². The summed E-state index contributed by atoms with van der Waals surface area (Å²) in [6, 6.07) is 0. The summed E-state index contributed by atoms with van der Waals surface area (Å²) in [5.74, 6) is 0. The molecule has 1 rings (SSSR count). The van der Waals surface area contributed by atoms with Crippen LogP contribution in [-0.4, -0.2) is 39.1 Å². The first-order chi connectivity index (χ1) is 16.1. The summed E-state index contributed by atoms with van der Waals surface area (Å²) in [7, 11) is -4.43. The van der Waals surface area contributed by atoms with Crippen LogP contribution in [0.4, 0.5) is 0 Å². The van der Waals surface area contributed by atoms with Crippen LogP contribution in [0.3, 0.4) is 0 Å². The van der Waals surface area contributed by atoms with Crippen LogP contribution >= 0.6 is 19.2 Å². The van der Waals surface area contributed by atoms with Crippen molar-refractivity contribution >= 4 is 19.2 Å². The van der Waals surface area contributed by atoms with Crippen molar-refractivity contribution in [3.8, 4) is 0 Å². The topological polar surface area (TPSA) is 91.2 Å². The van der Waals surface area contributed by atoms with E-state index in [1.54, 1.807) is 0 Å². The van der Waals surface area contributed by atoms with E-state index < -0.39 is 13.9 Å². The first kappa shape index (κ1) is 30.7. The molecule has 0 saturated heterocycles. The highest BCUT2D eigenvalue weighted by molar-refractivity contribution is 7.45. The summed E-state index contributed by atoms with van der Waals surface area (Å²) in [4.78, 5) is 15.3. The zero-order valence-corrected chi connectivity index (χ0v) is 22.5. The van der Waals surface area contributed by atoms with Gasteiger partial charge in [0.15, 0.2) is 6.20 Å². The average Bonchev–Trinajstić information content (AvgIpc) is 3.30. The molecule has 194 valence electrons. The first-order valence-corrected chi connectivity index (χ1v) is 15.1. The van der Waals surface area contributed by atoms with Crippen molar-refractivity contribution in [2.45, 2.75) is 103 Å². The quantitative estimate of drug-likeness (QED) is 0.131. The number of ether oxygens (including phenoxy) is 2. The van der Waals surface area contributed by atoms with Gasteiger partial charge in [-0.15, -0.1) is 0 Å². The lowest BCUT2D eigenvalue weighted by Gasteiger charge is -2.28. The Hall–Kier alpha value is -0.340. The summed E-state index contributed by atoms with van der Waals surface area (Å²) in [6.45, 7) is 6.01. The second-order valence-electron chi connectivity index (χ2n) is 8.43. The van der Waals surface area contributed by atoms with E-state index in [-0.39, 0.29) is 19.8 Å². The van der Waals surface area contributed by atoms with Gasteiger partial charge >= 0.3 is 0 Å². The monoisotopic (exact) mass is 507 g/mol. The number of unbranched alkanes of at least 4 members (excludes halogenated alkanes) is 10. The Labute approximate surface area is 205 Å². The molecule has 0 aliphatic heterocycles. The average molecular weight is 508 g/mol. The summed E-state index contributed by atoms with van der Waals surface area (Å²) in [5, 5.41) is 2.86. The van der Waals surface area contributed by atoms with Crippen LogP contribution in [0, 0.1) is 0 Å². The van der Waals surface area contributed by atoms with Crippen molar-refractivity contribution in [1.29, 1.82) is 0 Å². The molecule has 1 aromatic rings. The van der Waals surface area contributed by atoms with Crippen molar-refractivity contribution in [2.75, 3.05) is 33.0 Å². The van der Waals surface area contributed by atoms with Crippen LogP contribution in [0.15, 0.2) is 11.6 Å². The van der Waals surface area contributed by atoms with Gasteiger partial charge in [-0.25, -0.2) is 4.98 Å². The summed E-state index contributed by atoms with van der Waals surface area (Å²) in [5.41, 5.74) is 0. The number of hydrogen-bond donors (Lipinski definition) is 0. The number of aromatic nitrogens is 1. The molecule has 0 fully saturated rings. The lowest BCUT2D eigenvalue weighted by Crippen LogP contribution is -2.28. The Morgan fingerprint density at radius 3 is 1.94 bits per heavy atom. The van der Waals surface area contributed by atoms with Gasteiger partial charge in [-0.1, -0.05) is 89.4 Å². The van der Waals surface area contributed by atoms with Crippen molar-refractivity contribution in [1.82, 2.24) is 0 Å². The van der Waals surface area contributed by atoms with Gasteiger partial charge in [0.1, 0.15) is 6.10 Å². The number of nitrogens with one attached hydrogen (secondary N) is 1. The Balaban J connectivity index is 2.31. The van der Waals surface area contributed by atoms with E-state index in [1.165, 1.54) is 62.7 Å². The predicted molar refractivity (Wildman–Crippen MR) is 131 cm³/mol. The van der Waals surface area contributed by atoms with Gasteiger partial charge in [-0.3, -0.25) is 4.57 Å². The molecule has 0 bridgehead atoms. The maximum Gasteiger partial charge on any atom is 0.268 e. The number of phosphoric acid groups is 1. The van der Waals surface area contributed by atoms with Crippen LogP contribution in [0.5, 0.6) is 0 Å². The fraction of sp³-hybridized carbons (Fsp3) is 0.875. The zero-order chi connectivity index (χ0) is 24.0. The summed E-state index contributed by atoms with van der Waals surface area (Å²) < 4.78 is 34.1. The largest absolute Gasteiger partial charge is 0.756 e. The zero-order valence-electron chi connectivity index (χ0n) is 20.8. The highest BCUT2D eigenvalue weighted by atomic mass is 32.1. The minimum Gasteiger partial charge on any atom is -0.756 e. The fourth-order valence-electron chi connectivity index (χ4n) is 3.38.